The summed E-state index contributed by atoms with van der Waals surface area (Å²) in [5, 5.41) is 9.41. The predicted octanol–water partition coefficient (Wildman–Crippen LogP) is 0.586. The first-order valence-corrected chi connectivity index (χ1v) is 3.21. The van der Waals surface area contributed by atoms with Crippen LogP contribution in [0.15, 0.2) is 24.4 Å². The lowest BCUT2D eigenvalue weighted by atomic mass is 10.2. The van der Waals surface area contributed by atoms with E-state index >= 15 is 0 Å². The predicted molar refractivity (Wildman–Crippen MR) is 39.7 cm³/mol. The Bertz CT molecular complexity index is 200. The molecule has 1 unspecified atom stereocenters. The first kappa shape index (κ1) is 7.37. The Hall–Kier alpha value is -0.740. The van der Waals surface area contributed by atoms with Gasteiger partial charge in [0.05, 0.1) is 0 Å². The van der Waals surface area contributed by atoms with Gasteiger partial charge in [0, 0.05) is 6.20 Å². The molecule has 0 saturated heterocycles. The maximum atomic E-state index is 10.6. The van der Waals surface area contributed by atoms with Crippen LogP contribution in [0.3, 0.4) is 0 Å². The Morgan fingerprint density at radius 2 is 2.30 bits per heavy atom. The highest BCUT2D eigenvalue weighted by Crippen LogP contribution is 2.07. The minimum atomic E-state index is -0.631. The molecular formula is C6H7NO2S. The molecule has 0 aromatic carbocycles. The summed E-state index contributed by atoms with van der Waals surface area (Å²) in [6, 6.07) is -0.631. The first-order valence-electron chi connectivity index (χ1n) is 2.77. The van der Waals surface area contributed by atoms with Gasteiger partial charge in [0.2, 0.25) is 5.12 Å². The number of allylic oxidation sites excluding steroid dienone is 2. The van der Waals surface area contributed by atoms with Crippen LogP contribution in [0.4, 0.5) is 0 Å². The normalized spacial score (nSPS) is 23.4. The lowest BCUT2D eigenvalue weighted by Crippen LogP contribution is -2.32. The quantitative estimate of drug-likeness (QED) is 0.547. The largest absolute Gasteiger partial charge is 0.288 e. The second kappa shape index (κ2) is 2.90. The van der Waals surface area contributed by atoms with Crippen LogP contribution in [0.2, 0.25) is 0 Å². The molecule has 3 nitrogen and oxygen atoms in total. The number of carbonyl (C=O) groups excluding carboxylic acids is 1. The molecule has 1 rings (SSSR count). The number of hydroxylamine groups is 2. The fourth-order valence-electron chi connectivity index (χ4n) is 0.684. The Morgan fingerprint density at radius 3 is 2.70 bits per heavy atom. The number of rotatable bonds is 1. The standard InChI is InChI=1S/C6H7NO2S/c8-6(10)5-3-1-2-4-7(5)9/h1-5,9H,(H,8,10). The molecular weight excluding hydrogens is 150 g/mol. The number of nitrogens with zero attached hydrogens (tertiary/aromatic N) is 1. The van der Waals surface area contributed by atoms with E-state index in [1.54, 1.807) is 18.2 Å². The summed E-state index contributed by atoms with van der Waals surface area (Å²) in [5.41, 5.74) is 0. The van der Waals surface area contributed by atoms with Gasteiger partial charge in [0.15, 0.2) is 0 Å². The molecule has 0 aromatic rings. The second-order valence-corrected chi connectivity index (χ2v) is 2.33. The van der Waals surface area contributed by atoms with Gasteiger partial charge in [-0.05, 0) is 6.08 Å². The Morgan fingerprint density at radius 1 is 1.60 bits per heavy atom. The molecule has 1 aliphatic heterocycles. The smallest absolute Gasteiger partial charge is 0.214 e. The third-order valence-electron chi connectivity index (χ3n) is 1.18. The Balaban J connectivity index is 2.70. The van der Waals surface area contributed by atoms with Gasteiger partial charge in [-0.25, -0.2) is 5.06 Å². The summed E-state index contributed by atoms with van der Waals surface area (Å²) < 4.78 is 0. The van der Waals surface area contributed by atoms with Gasteiger partial charge in [-0.1, -0.05) is 12.2 Å². The lowest BCUT2D eigenvalue weighted by Gasteiger charge is -2.20. The van der Waals surface area contributed by atoms with Crippen molar-refractivity contribution in [3.63, 3.8) is 0 Å². The van der Waals surface area contributed by atoms with E-state index in [1.165, 1.54) is 6.20 Å². The van der Waals surface area contributed by atoms with Crippen LogP contribution in [0, 0.1) is 0 Å². The zero-order valence-corrected chi connectivity index (χ0v) is 6.03. The van der Waals surface area contributed by atoms with E-state index in [-0.39, 0.29) is 5.12 Å². The molecule has 0 aromatic heterocycles. The zero-order valence-electron chi connectivity index (χ0n) is 5.14. The van der Waals surface area contributed by atoms with Gasteiger partial charge in [-0.3, -0.25) is 10.0 Å². The maximum Gasteiger partial charge on any atom is 0.214 e. The molecule has 0 aliphatic carbocycles. The van der Waals surface area contributed by atoms with Crippen LogP contribution in [0.5, 0.6) is 0 Å². The third-order valence-corrected chi connectivity index (χ3v) is 1.45. The zero-order chi connectivity index (χ0) is 7.56. The van der Waals surface area contributed by atoms with E-state index < -0.39 is 6.04 Å². The summed E-state index contributed by atoms with van der Waals surface area (Å²) >= 11 is 3.57. The van der Waals surface area contributed by atoms with Crippen LogP contribution in [0.25, 0.3) is 0 Å². The summed E-state index contributed by atoms with van der Waals surface area (Å²) in [6.45, 7) is 0. The van der Waals surface area contributed by atoms with Crippen molar-refractivity contribution >= 4 is 17.7 Å². The van der Waals surface area contributed by atoms with Crippen molar-refractivity contribution in [2.75, 3.05) is 0 Å². The monoisotopic (exact) mass is 157 g/mol. The van der Waals surface area contributed by atoms with E-state index in [2.05, 4.69) is 12.6 Å². The average molecular weight is 157 g/mol. The van der Waals surface area contributed by atoms with Crippen LogP contribution in [0.1, 0.15) is 0 Å². The molecule has 1 atom stereocenters. The van der Waals surface area contributed by atoms with Gasteiger partial charge >= 0.3 is 0 Å². The molecule has 0 radical (unpaired) electrons. The molecule has 0 spiro atoms. The van der Waals surface area contributed by atoms with Gasteiger partial charge in [0.25, 0.3) is 0 Å². The Labute approximate surface area is 64.0 Å². The fourth-order valence-corrected chi connectivity index (χ4v) is 0.888. The lowest BCUT2D eigenvalue weighted by molar-refractivity contribution is -0.126. The Kier molecular flexibility index (Phi) is 2.13. The van der Waals surface area contributed by atoms with Crippen molar-refractivity contribution in [2.24, 2.45) is 0 Å². The van der Waals surface area contributed by atoms with Crippen molar-refractivity contribution < 1.29 is 10.0 Å². The SMILES string of the molecule is O=C(S)C1C=CC=CN1O. The van der Waals surface area contributed by atoms with Crippen molar-refractivity contribution in [2.45, 2.75) is 6.04 Å². The molecule has 1 aliphatic rings. The van der Waals surface area contributed by atoms with Crippen LogP contribution >= 0.6 is 12.6 Å². The first-order chi connectivity index (χ1) is 4.72. The summed E-state index contributed by atoms with van der Waals surface area (Å²) in [5.74, 6) is 0. The summed E-state index contributed by atoms with van der Waals surface area (Å²) in [6.07, 6.45) is 6.28. The minimum Gasteiger partial charge on any atom is -0.288 e. The number of carbonyl (C=O) groups is 1. The minimum absolute atomic E-state index is 0.372. The van der Waals surface area contributed by atoms with Crippen molar-refractivity contribution in [1.82, 2.24) is 5.06 Å². The molecule has 1 N–H and O–H groups in total. The van der Waals surface area contributed by atoms with E-state index in [0.717, 1.165) is 5.06 Å². The third kappa shape index (κ3) is 1.40. The van der Waals surface area contributed by atoms with Crippen molar-refractivity contribution in [1.29, 1.82) is 0 Å². The molecule has 0 amide bonds. The fraction of sp³-hybridized carbons (Fsp3) is 0.167. The van der Waals surface area contributed by atoms with Gasteiger partial charge in [-0.2, -0.15) is 0 Å². The highest BCUT2D eigenvalue weighted by atomic mass is 32.1. The number of thiol groups is 1. The van der Waals surface area contributed by atoms with Crippen molar-refractivity contribution in [3.05, 3.63) is 24.4 Å². The number of hydrogen-bond donors (Lipinski definition) is 2. The van der Waals surface area contributed by atoms with Crippen LogP contribution in [-0.4, -0.2) is 21.4 Å². The molecule has 0 saturated carbocycles. The number of hydrogen-bond acceptors (Lipinski definition) is 3. The van der Waals surface area contributed by atoms with Crippen LogP contribution < -0.4 is 0 Å². The average Bonchev–Trinajstić information content (AvgIpc) is 1.88. The summed E-state index contributed by atoms with van der Waals surface area (Å²) in [4.78, 5) is 10.6. The van der Waals surface area contributed by atoms with E-state index in [9.17, 15) is 4.79 Å². The van der Waals surface area contributed by atoms with Gasteiger partial charge < -0.3 is 0 Å². The highest BCUT2D eigenvalue weighted by Gasteiger charge is 2.17. The maximum absolute atomic E-state index is 10.6. The topological polar surface area (TPSA) is 40.5 Å². The molecule has 0 fully saturated rings. The molecule has 4 heteroatoms. The van der Waals surface area contributed by atoms with Gasteiger partial charge in [0.1, 0.15) is 6.04 Å². The molecule has 0 bridgehead atoms. The van der Waals surface area contributed by atoms with Crippen LogP contribution in [-0.2, 0) is 4.79 Å². The molecule has 10 heavy (non-hydrogen) atoms. The van der Waals surface area contributed by atoms with Gasteiger partial charge in [-0.15, -0.1) is 12.6 Å². The second-order valence-electron chi connectivity index (χ2n) is 1.89. The van der Waals surface area contributed by atoms with E-state index in [4.69, 9.17) is 5.21 Å². The highest BCUT2D eigenvalue weighted by molar-refractivity contribution is 7.96. The molecule has 1 heterocycles. The summed E-state index contributed by atoms with van der Waals surface area (Å²) in [7, 11) is 0. The van der Waals surface area contributed by atoms with Crippen molar-refractivity contribution in [3.8, 4) is 0 Å². The molecule has 54 valence electrons. The van der Waals surface area contributed by atoms with E-state index in [1.807, 2.05) is 0 Å². The van der Waals surface area contributed by atoms with E-state index in [0.29, 0.717) is 0 Å².